The van der Waals surface area contributed by atoms with E-state index < -0.39 is 0 Å². The van der Waals surface area contributed by atoms with E-state index in [1.807, 2.05) is 11.8 Å². The minimum atomic E-state index is 0.320. The third-order valence-electron chi connectivity index (χ3n) is 3.93. The summed E-state index contributed by atoms with van der Waals surface area (Å²) in [6, 6.07) is 0.483. The summed E-state index contributed by atoms with van der Waals surface area (Å²) in [4.78, 5) is 8.66. The SMILES string of the molecule is CSC1CCCCC1Nc1ncnc(NN)c1C(C)C. The first-order valence-electron chi connectivity index (χ1n) is 7.28. The molecule has 0 spiro atoms. The van der Waals surface area contributed by atoms with Crippen LogP contribution in [-0.4, -0.2) is 27.5 Å². The first kappa shape index (κ1) is 15.4. The van der Waals surface area contributed by atoms with E-state index in [9.17, 15) is 0 Å². The Morgan fingerprint density at radius 3 is 2.60 bits per heavy atom. The topological polar surface area (TPSA) is 75.9 Å². The molecule has 0 bridgehead atoms. The maximum absolute atomic E-state index is 5.57. The minimum Gasteiger partial charge on any atom is -0.366 e. The molecule has 112 valence electrons. The fraction of sp³-hybridized carbons (Fsp3) is 0.714. The van der Waals surface area contributed by atoms with Crippen LogP contribution in [0.15, 0.2) is 6.33 Å². The van der Waals surface area contributed by atoms with E-state index in [4.69, 9.17) is 5.84 Å². The summed E-state index contributed by atoms with van der Waals surface area (Å²) in [5, 5.41) is 4.30. The highest BCUT2D eigenvalue weighted by molar-refractivity contribution is 7.99. The Morgan fingerprint density at radius 2 is 1.95 bits per heavy atom. The zero-order valence-corrected chi connectivity index (χ0v) is 13.3. The van der Waals surface area contributed by atoms with Gasteiger partial charge in [-0.1, -0.05) is 26.7 Å². The lowest BCUT2D eigenvalue weighted by molar-refractivity contribution is 0.473. The van der Waals surface area contributed by atoms with Gasteiger partial charge in [0.1, 0.15) is 18.0 Å². The van der Waals surface area contributed by atoms with Crippen LogP contribution in [0.5, 0.6) is 0 Å². The van der Waals surface area contributed by atoms with Gasteiger partial charge in [-0.2, -0.15) is 11.8 Å². The predicted octanol–water partition coefficient (Wildman–Crippen LogP) is 2.97. The van der Waals surface area contributed by atoms with Crippen LogP contribution in [0.2, 0.25) is 0 Å². The normalized spacial score (nSPS) is 22.9. The van der Waals surface area contributed by atoms with Gasteiger partial charge in [-0.05, 0) is 25.0 Å². The van der Waals surface area contributed by atoms with Gasteiger partial charge < -0.3 is 10.7 Å². The Balaban J connectivity index is 2.23. The van der Waals surface area contributed by atoms with Crippen molar-refractivity contribution in [3.05, 3.63) is 11.9 Å². The highest BCUT2D eigenvalue weighted by atomic mass is 32.2. The van der Waals surface area contributed by atoms with Crippen LogP contribution < -0.4 is 16.6 Å². The molecule has 0 amide bonds. The molecule has 2 rings (SSSR count). The van der Waals surface area contributed by atoms with Crippen LogP contribution in [0.3, 0.4) is 0 Å². The van der Waals surface area contributed by atoms with Gasteiger partial charge in [0.05, 0.1) is 0 Å². The van der Waals surface area contributed by atoms with Crippen molar-refractivity contribution in [2.24, 2.45) is 5.84 Å². The lowest BCUT2D eigenvalue weighted by Gasteiger charge is -2.32. The van der Waals surface area contributed by atoms with E-state index in [0.29, 0.717) is 23.0 Å². The van der Waals surface area contributed by atoms with E-state index in [-0.39, 0.29) is 0 Å². The number of aromatic nitrogens is 2. The van der Waals surface area contributed by atoms with Crippen molar-refractivity contribution in [1.82, 2.24) is 9.97 Å². The van der Waals surface area contributed by atoms with E-state index in [1.165, 1.54) is 25.7 Å². The Bertz CT molecular complexity index is 438. The van der Waals surface area contributed by atoms with Crippen LogP contribution in [0.4, 0.5) is 11.6 Å². The van der Waals surface area contributed by atoms with Crippen molar-refractivity contribution in [1.29, 1.82) is 0 Å². The number of anilines is 2. The van der Waals surface area contributed by atoms with Gasteiger partial charge in [-0.15, -0.1) is 0 Å². The van der Waals surface area contributed by atoms with Gasteiger partial charge in [-0.25, -0.2) is 15.8 Å². The molecule has 2 unspecified atom stereocenters. The van der Waals surface area contributed by atoms with Gasteiger partial charge in [0.15, 0.2) is 0 Å². The Hall–Kier alpha value is -1.01. The standard InChI is InChI=1S/C14H25N5S/c1-9(2)12-13(16-8-17-14(12)19-15)18-10-6-4-5-7-11(10)20-3/h8-11H,4-7,15H2,1-3H3,(H2,16,17,18,19). The van der Waals surface area contributed by atoms with Gasteiger partial charge >= 0.3 is 0 Å². The molecule has 0 saturated heterocycles. The summed E-state index contributed by atoms with van der Waals surface area (Å²) in [5.41, 5.74) is 3.75. The van der Waals surface area contributed by atoms with E-state index >= 15 is 0 Å². The molecule has 1 aromatic rings. The summed E-state index contributed by atoms with van der Waals surface area (Å²) < 4.78 is 0. The van der Waals surface area contributed by atoms with Crippen molar-refractivity contribution in [2.75, 3.05) is 17.0 Å². The largest absolute Gasteiger partial charge is 0.366 e. The third kappa shape index (κ3) is 3.35. The second kappa shape index (κ2) is 7.13. The molecule has 1 saturated carbocycles. The molecule has 0 aromatic carbocycles. The lowest BCUT2D eigenvalue weighted by Crippen LogP contribution is -2.35. The number of nitrogens with two attached hydrogens (primary N) is 1. The molecule has 0 aliphatic heterocycles. The van der Waals surface area contributed by atoms with E-state index in [2.05, 4.69) is 40.8 Å². The lowest BCUT2D eigenvalue weighted by atomic mass is 9.94. The van der Waals surface area contributed by atoms with E-state index in [0.717, 1.165) is 11.4 Å². The van der Waals surface area contributed by atoms with Crippen molar-refractivity contribution in [2.45, 2.75) is 56.7 Å². The van der Waals surface area contributed by atoms with Crippen LogP contribution in [0.1, 0.15) is 51.0 Å². The van der Waals surface area contributed by atoms with Crippen molar-refractivity contribution >= 4 is 23.4 Å². The van der Waals surface area contributed by atoms with Crippen LogP contribution in [0, 0.1) is 0 Å². The number of nitrogens with zero attached hydrogens (tertiary/aromatic N) is 2. The summed E-state index contributed by atoms with van der Waals surface area (Å²) in [7, 11) is 0. The zero-order chi connectivity index (χ0) is 14.5. The molecule has 6 heteroatoms. The number of nitrogen functional groups attached to an aromatic ring is 1. The fourth-order valence-electron chi connectivity index (χ4n) is 2.89. The maximum Gasteiger partial charge on any atom is 0.148 e. The second-order valence-corrected chi connectivity index (χ2v) is 6.67. The number of hydrazine groups is 1. The van der Waals surface area contributed by atoms with Gasteiger partial charge in [0.25, 0.3) is 0 Å². The molecule has 0 radical (unpaired) electrons. The first-order chi connectivity index (χ1) is 9.67. The molecule has 2 atom stereocenters. The highest BCUT2D eigenvalue weighted by Gasteiger charge is 2.26. The number of nitrogens with one attached hydrogen (secondary N) is 2. The fourth-order valence-corrected chi connectivity index (χ4v) is 3.83. The highest BCUT2D eigenvalue weighted by Crippen LogP contribution is 2.33. The van der Waals surface area contributed by atoms with Crippen molar-refractivity contribution < 1.29 is 0 Å². The summed E-state index contributed by atoms with van der Waals surface area (Å²) in [6.07, 6.45) is 8.88. The predicted molar refractivity (Wildman–Crippen MR) is 87.1 cm³/mol. The van der Waals surface area contributed by atoms with Crippen LogP contribution >= 0.6 is 11.8 Å². The molecular weight excluding hydrogens is 270 g/mol. The summed E-state index contributed by atoms with van der Waals surface area (Å²) in [6.45, 7) is 4.27. The third-order valence-corrected chi connectivity index (χ3v) is 5.10. The van der Waals surface area contributed by atoms with Gasteiger partial charge in [-0.3, -0.25) is 0 Å². The molecule has 4 N–H and O–H groups in total. The number of rotatable bonds is 5. The van der Waals surface area contributed by atoms with Crippen molar-refractivity contribution in [3.8, 4) is 0 Å². The molecule has 1 aliphatic rings. The number of thioether (sulfide) groups is 1. The molecule has 1 aliphatic carbocycles. The molecular formula is C14H25N5S. The maximum atomic E-state index is 5.57. The van der Waals surface area contributed by atoms with Crippen LogP contribution in [-0.2, 0) is 0 Å². The Kier molecular flexibility index (Phi) is 5.48. The molecule has 1 fully saturated rings. The molecule has 20 heavy (non-hydrogen) atoms. The quantitative estimate of drug-likeness (QED) is 0.573. The average molecular weight is 295 g/mol. The monoisotopic (exact) mass is 295 g/mol. The number of hydrogen-bond acceptors (Lipinski definition) is 6. The second-order valence-electron chi connectivity index (χ2n) is 5.59. The van der Waals surface area contributed by atoms with Crippen molar-refractivity contribution in [3.63, 3.8) is 0 Å². The summed E-state index contributed by atoms with van der Waals surface area (Å²) in [5.74, 6) is 7.53. The average Bonchev–Trinajstić information content (AvgIpc) is 2.47. The number of hydrogen-bond donors (Lipinski definition) is 3. The Labute approximate surface area is 125 Å². The first-order valence-corrected chi connectivity index (χ1v) is 8.57. The zero-order valence-electron chi connectivity index (χ0n) is 12.5. The smallest absolute Gasteiger partial charge is 0.148 e. The summed E-state index contributed by atoms with van der Waals surface area (Å²) >= 11 is 1.95. The molecule has 5 nitrogen and oxygen atoms in total. The molecule has 1 aromatic heterocycles. The Morgan fingerprint density at radius 1 is 1.25 bits per heavy atom. The molecule has 1 heterocycles. The minimum absolute atomic E-state index is 0.320. The van der Waals surface area contributed by atoms with Crippen LogP contribution in [0.25, 0.3) is 0 Å². The van der Waals surface area contributed by atoms with E-state index in [1.54, 1.807) is 6.33 Å². The van der Waals surface area contributed by atoms with Gasteiger partial charge in [0.2, 0.25) is 0 Å². The van der Waals surface area contributed by atoms with Gasteiger partial charge in [0, 0.05) is 16.9 Å².